The molecule has 2 aliphatic rings. The number of methoxy groups -OCH3 is 1. The fourth-order valence-corrected chi connectivity index (χ4v) is 5.09. The number of carbonyl (C=O) groups is 1. The highest BCUT2D eigenvalue weighted by Gasteiger charge is 2.25. The summed E-state index contributed by atoms with van der Waals surface area (Å²) in [5.41, 5.74) is 0.850. The summed E-state index contributed by atoms with van der Waals surface area (Å²) in [6.07, 6.45) is 2.59. The third kappa shape index (κ3) is 5.79. The molecule has 2 fully saturated rings. The van der Waals surface area contributed by atoms with Crippen LogP contribution in [0.1, 0.15) is 29.8 Å². The van der Waals surface area contributed by atoms with Gasteiger partial charge in [-0.15, -0.1) is 0 Å². The van der Waals surface area contributed by atoms with Crippen molar-refractivity contribution in [2.24, 2.45) is 0 Å². The molecule has 0 unspecified atom stereocenters. The molecule has 198 valence electrons. The molecule has 2 aliphatic heterocycles. The van der Waals surface area contributed by atoms with Gasteiger partial charge in [0.25, 0.3) is 5.91 Å². The van der Waals surface area contributed by atoms with Crippen molar-refractivity contribution in [3.63, 3.8) is 0 Å². The van der Waals surface area contributed by atoms with E-state index in [9.17, 15) is 4.79 Å². The van der Waals surface area contributed by atoms with Gasteiger partial charge in [0.2, 0.25) is 0 Å². The number of amides is 1. The Labute approximate surface area is 222 Å². The van der Waals surface area contributed by atoms with Crippen LogP contribution in [-0.4, -0.2) is 79.8 Å². The lowest BCUT2D eigenvalue weighted by Gasteiger charge is -2.33. The van der Waals surface area contributed by atoms with Crippen molar-refractivity contribution < 1.29 is 14.3 Å². The number of anilines is 2. The number of fused-ring (bicyclic) bond motifs is 1. The Bertz CT molecular complexity index is 1340. The van der Waals surface area contributed by atoms with E-state index in [0.717, 1.165) is 36.7 Å². The minimum atomic E-state index is -0.362. The number of likely N-dealkylation sites (tertiary alicyclic amines) is 1. The highest BCUT2D eigenvalue weighted by molar-refractivity contribution is 6.09. The SMILES string of the molecule is COc1cc(NC(=O)c2cc(N3CCN[C@@H](CC#N)C3)nc(OC[C@H]3CCCN3C)n2)c2ccccc2c1. The number of carbonyl (C=O) groups excluding carboxylic acids is 1. The molecule has 2 atom stereocenters. The highest BCUT2D eigenvalue weighted by Crippen LogP contribution is 2.30. The van der Waals surface area contributed by atoms with Gasteiger partial charge in [0.1, 0.15) is 23.9 Å². The van der Waals surface area contributed by atoms with Gasteiger partial charge < -0.3 is 29.9 Å². The molecule has 2 saturated heterocycles. The Morgan fingerprint density at radius 2 is 2.11 bits per heavy atom. The van der Waals surface area contributed by atoms with Crippen LogP contribution in [-0.2, 0) is 0 Å². The molecule has 2 N–H and O–H groups in total. The molecule has 2 aromatic carbocycles. The third-order valence-corrected chi connectivity index (χ3v) is 7.24. The second kappa shape index (κ2) is 11.6. The summed E-state index contributed by atoms with van der Waals surface area (Å²) in [4.78, 5) is 27.1. The molecule has 3 heterocycles. The largest absolute Gasteiger partial charge is 0.497 e. The van der Waals surface area contributed by atoms with Gasteiger partial charge in [0, 0.05) is 49.2 Å². The topological polar surface area (TPSA) is 116 Å². The molecule has 38 heavy (non-hydrogen) atoms. The van der Waals surface area contributed by atoms with Crippen molar-refractivity contribution in [1.29, 1.82) is 5.26 Å². The van der Waals surface area contributed by atoms with Crippen LogP contribution in [0.2, 0.25) is 0 Å². The zero-order chi connectivity index (χ0) is 26.5. The fraction of sp³-hybridized carbons (Fsp3) is 0.429. The maximum atomic E-state index is 13.5. The highest BCUT2D eigenvalue weighted by atomic mass is 16.5. The number of nitrogens with zero attached hydrogens (tertiary/aromatic N) is 5. The van der Waals surface area contributed by atoms with Gasteiger partial charge in [-0.1, -0.05) is 24.3 Å². The van der Waals surface area contributed by atoms with Gasteiger partial charge in [-0.3, -0.25) is 4.79 Å². The standard InChI is InChI=1S/C28H33N7O3/c1-34-12-5-7-21(34)18-38-28-32-25(16-26(33-28)35-13-11-30-20(17-35)9-10-29)27(36)31-24-15-22(37-2)14-19-6-3-4-8-23(19)24/h3-4,6,8,14-16,20-21,30H,5,7,9,11-13,17-18H2,1-2H3,(H,31,36)/t20-,21+/m0/s1. The van der Waals surface area contributed by atoms with E-state index in [0.29, 0.717) is 49.4 Å². The molecule has 1 aromatic heterocycles. The molecular formula is C28H33N7O3. The molecular weight excluding hydrogens is 482 g/mol. The summed E-state index contributed by atoms with van der Waals surface area (Å²) in [7, 11) is 3.69. The van der Waals surface area contributed by atoms with Crippen LogP contribution in [0.4, 0.5) is 11.5 Å². The summed E-state index contributed by atoms with van der Waals surface area (Å²) >= 11 is 0. The first-order valence-corrected chi connectivity index (χ1v) is 13.0. The lowest BCUT2D eigenvalue weighted by molar-refractivity contribution is 0.102. The monoisotopic (exact) mass is 515 g/mol. The smallest absolute Gasteiger partial charge is 0.319 e. The number of piperazine rings is 1. The number of hydrogen-bond acceptors (Lipinski definition) is 9. The molecule has 3 aromatic rings. The summed E-state index contributed by atoms with van der Waals surface area (Å²) in [5.74, 6) is 0.898. The number of ether oxygens (including phenoxy) is 2. The Kier molecular flexibility index (Phi) is 7.86. The van der Waals surface area contributed by atoms with Gasteiger partial charge in [0.15, 0.2) is 0 Å². The van der Waals surface area contributed by atoms with Gasteiger partial charge in [-0.05, 0) is 37.9 Å². The van der Waals surface area contributed by atoms with E-state index >= 15 is 0 Å². The van der Waals surface area contributed by atoms with Crippen LogP contribution < -0.4 is 25.0 Å². The molecule has 0 spiro atoms. The Balaban J connectivity index is 1.44. The third-order valence-electron chi connectivity index (χ3n) is 7.24. The lowest BCUT2D eigenvalue weighted by atomic mass is 10.1. The average molecular weight is 516 g/mol. The fourth-order valence-electron chi connectivity index (χ4n) is 5.09. The molecule has 5 rings (SSSR count). The summed E-state index contributed by atoms with van der Waals surface area (Å²) < 4.78 is 11.5. The zero-order valence-electron chi connectivity index (χ0n) is 21.8. The normalized spacial score (nSPS) is 19.8. The molecule has 0 bridgehead atoms. The Morgan fingerprint density at radius 3 is 2.89 bits per heavy atom. The maximum absolute atomic E-state index is 13.5. The first kappa shape index (κ1) is 25.7. The number of benzene rings is 2. The quantitative estimate of drug-likeness (QED) is 0.467. The van der Waals surface area contributed by atoms with E-state index in [4.69, 9.17) is 14.7 Å². The Hall–Kier alpha value is -3.94. The number of hydrogen-bond donors (Lipinski definition) is 2. The van der Waals surface area contributed by atoms with Crippen LogP contribution in [0.15, 0.2) is 42.5 Å². The number of aromatic nitrogens is 2. The van der Waals surface area contributed by atoms with Crippen LogP contribution in [0.3, 0.4) is 0 Å². The van der Waals surface area contributed by atoms with Crippen molar-refractivity contribution in [3.05, 3.63) is 48.2 Å². The maximum Gasteiger partial charge on any atom is 0.319 e. The van der Waals surface area contributed by atoms with E-state index in [1.165, 1.54) is 0 Å². The summed E-state index contributed by atoms with van der Waals surface area (Å²) in [5, 5.41) is 17.4. The number of nitrogens with one attached hydrogen (secondary N) is 2. The van der Waals surface area contributed by atoms with Gasteiger partial charge in [-0.25, -0.2) is 0 Å². The van der Waals surface area contributed by atoms with Crippen molar-refractivity contribution in [3.8, 4) is 17.8 Å². The van der Waals surface area contributed by atoms with Crippen LogP contribution in [0.25, 0.3) is 10.8 Å². The lowest BCUT2D eigenvalue weighted by Crippen LogP contribution is -2.51. The Morgan fingerprint density at radius 1 is 1.24 bits per heavy atom. The van der Waals surface area contributed by atoms with Crippen molar-refractivity contribution in [2.75, 3.05) is 57.2 Å². The van der Waals surface area contributed by atoms with Crippen LogP contribution in [0, 0.1) is 11.3 Å². The second-order valence-electron chi connectivity index (χ2n) is 9.79. The number of likely N-dealkylation sites (N-methyl/N-ethyl adjacent to an activating group) is 1. The molecule has 0 aliphatic carbocycles. The first-order chi connectivity index (χ1) is 18.5. The van der Waals surface area contributed by atoms with E-state index in [1.807, 2.05) is 30.3 Å². The predicted molar refractivity (Wildman–Crippen MR) is 146 cm³/mol. The van der Waals surface area contributed by atoms with Crippen molar-refractivity contribution >= 4 is 28.2 Å². The minimum absolute atomic E-state index is 0.0284. The van der Waals surface area contributed by atoms with Gasteiger partial charge in [0.05, 0.1) is 25.3 Å². The minimum Gasteiger partial charge on any atom is -0.497 e. The number of nitriles is 1. The predicted octanol–water partition coefficient (Wildman–Crippen LogP) is 3.06. The molecule has 0 radical (unpaired) electrons. The van der Waals surface area contributed by atoms with Crippen molar-refractivity contribution in [1.82, 2.24) is 20.2 Å². The average Bonchev–Trinajstić information content (AvgIpc) is 3.36. The van der Waals surface area contributed by atoms with Gasteiger partial charge in [-0.2, -0.15) is 15.2 Å². The molecule has 10 heteroatoms. The first-order valence-electron chi connectivity index (χ1n) is 13.0. The summed E-state index contributed by atoms with van der Waals surface area (Å²) in [6.45, 7) is 3.53. The molecule has 1 amide bonds. The van der Waals surface area contributed by atoms with Gasteiger partial charge >= 0.3 is 6.01 Å². The molecule has 0 saturated carbocycles. The molecule has 10 nitrogen and oxygen atoms in total. The van der Waals surface area contributed by atoms with E-state index in [2.05, 4.69) is 43.5 Å². The van der Waals surface area contributed by atoms with E-state index < -0.39 is 0 Å². The van der Waals surface area contributed by atoms with E-state index in [-0.39, 0.29) is 23.7 Å². The van der Waals surface area contributed by atoms with Crippen LogP contribution in [0.5, 0.6) is 11.8 Å². The number of rotatable bonds is 8. The summed E-state index contributed by atoms with van der Waals surface area (Å²) in [6, 6.07) is 16.0. The second-order valence-corrected chi connectivity index (χ2v) is 9.79. The van der Waals surface area contributed by atoms with E-state index in [1.54, 1.807) is 19.2 Å². The van der Waals surface area contributed by atoms with Crippen LogP contribution >= 0.6 is 0 Å². The zero-order valence-corrected chi connectivity index (χ0v) is 21.8. The van der Waals surface area contributed by atoms with Crippen molar-refractivity contribution in [2.45, 2.75) is 31.3 Å².